The summed E-state index contributed by atoms with van der Waals surface area (Å²) in [4.78, 5) is 9.91. The molecule has 0 bridgehead atoms. The maximum atomic E-state index is 8.10. The Labute approximate surface area is 86.1 Å². The summed E-state index contributed by atoms with van der Waals surface area (Å²) >= 11 is 0. The molecule has 15 heavy (non-hydrogen) atoms. The zero-order valence-electron chi connectivity index (χ0n) is 7.96. The summed E-state index contributed by atoms with van der Waals surface area (Å²) < 4.78 is 0. The van der Waals surface area contributed by atoms with E-state index in [4.69, 9.17) is 5.53 Å². The summed E-state index contributed by atoms with van der Waals surface area (Å²) in [7, 11) is 0. The van der Waals surface area contributed by atoms with Gasteiger partial charge in [-0.25, -0.2) is 4.98 Å². The van der Waals surface area contributed by atoms with Gasteiger partial charge in [-0.2, -0.15) is 0 Å². The summed E-state index contributed by atoms with van der Waals surface area (Å²) in [6.45, 7) is 0.365. The van der Waals surface area contributed by atoms with Gasteiger partial charge in [0.2, 0.25) is 0 Å². The molecular formula is C10H9N5. The zero-order chi connectivity index (χ0) is 10.5. The maximum Gasteiger partial charge on any atom is 0.137 e. The minimum Gasteiger partial charge on any atom is -0.346 e. The molecule has 0 radical (unpaired) electrons. The normalized spacial score (nSPS) is 10.7. The third kappa shape index (κ3) is 1.98. The van der Waals surface area contributed by atoms with Gasteiger partial charge in [0.15, 0.2) is 0 Å². The van der Waals surface area contributed by atoms with Gasteiger partial charge in [-0.1, -0.05) is 17.3 Å². The van der Waals surface area contributed by atoms with Crippen LogP contribution in [0.4, 0.5) is 0 Å². The number of H-pyrrole nitrogens is 1. The fourth-order valence-corrected chi connectivity index (χ4v) is 1.38. The number of aromatic nitrogens is 2. The largest absolute Gasteiger partial charge is 0.346 e. The van der Waals surface area contributed by atoms with E-state index in [1.54, 1.807) is 6.20 Å². The highest BCUT2D eigenvalue weighted by Gasteiger charge is 1.98. The summed E-state index contributed by atoms with van der Waals surface area (Å²) in [5.74, 6) is 0. The molecule has 2 heterocycles. The van der Waals surface area contributed by atoms with E-state index in [2.05, 4.69) is 20.0 Å². The van der Waals surface area contributed by atoms with E-state index < -0.39 is 0 Å². The van der Waals surface area contributed by atoms with Crippen molar-refractivity contribution in [1.82, 2.24) is 9.97 Å². The second kappa shape index (κ2) is 4.30. The van der Waals surface area contributed by atoms with Crippen LogP contribution in [-0.2, 0) is 0 Å². The summed E-state index contributed by atoms with van der Waals surface area (Å²) in [5, 5.41) is 4.48. The van der Waals surface area contributed by atoms with Gasteiger partial charge in [0, 0.05) is 34.8 Å². The molecule has 2 aromatic rings. The Balaban J connectivity index is 2.28. The van der Waals surface area contributed by atoms with Crippen LogP contribution in [0.3, 0.4) is 0 Å². The lowest BCUT2D eigenvalue weighted by molar-refractivity contribution is 1.22. The summed E-state index contributed by atoms with van der Waals surface area (Å²) in [6.07, 6.45) is 7.35. The Hall–Kier alpha value is -2.26. The molecule has 0 aliphatic rings. The van der Waals surface area contributed by atoms with E-state index in [9.17, 15) is 0 Å². The third-order valence-electron chi connectivity index (χ3n) is 2.03. The van der Waals surface area contributed by atoms with Gasteiger partial charge in [-0.3, -0.25) is 0 Å². The van der Waals surface area contributed by atoms with Crippen molar-refractivity contribution in [3.05, 3.63) is 46.6 Å². The topological polar surface area (TPSA) is 77.4 Å². The Morgan fingerprint density at radius 3 is 3.40 bits per heavy atom. The van der Waals surface area contributed by atoms with E-state index in [0.717, 1.165) is 16.6 Å². The highest BCUT2D eigenvalue weighted by Crippen LogP contribution is 2.16. The molecule has 0 unspecified atom stereocenters. The molecule has 0 spiro atoms. The number of azide groups is 1. The summed E-state index contributed by atoms with van der Waals surface area (Å²) in [6, 6.07) is 3.88. The monoisotopic (exact) mass is 199 g/mol. The van der Waals surface area contributed by atoms with Crippen molar-refractivity contribution in [2.75, 3.05) is 6.54 Å². The fourth-order valence-electron chi connectivity index (χ4n) is 1.38. The van der Waals surface area contributed by atoms with Crippen LogP contribution in [0, 0.1) is 0 Å². The maximum absolute atomic E-state index is 8.10. The number of hydrogen-bond acceptors (Lipinski definition) is 2. The molecule has 0 aliphatic carbocycles. The minimum absolute atomic E-state index is 0.365. The van der Waals surface area contributed by atoms with Crippen LogP contribution >= 0.6 is 0 Å². The highest BCUT2D eigenvalue weighted by molar-refractivity contribution is 5.85. The van der Waals surface area contributed by atoms with E-state index in [0.29, 0.717) is 6.54 Å². The van der Waals surface area contributed by atoms with Crippen LogP contribution in [0.2, 0.25) is 0 Å². The summed E-state index contributed by atoms with van der Waals surface area (Å²) in [5.41, 5.74) is 10.0. The SMILES string of the molecule is [N-]=[N+]=NCC=Cc1c[nH]c2ncccc12. The molecule has 0 amide bonds. The molecule has 74 valence electrons. The lowest BCUT2D eigenvalue weighted by atomic mass is 10.2. The molecule has 0 atom stereocenters. The first-order valence-electron chi connectivity index (χ1n) is 4.51. The standard InChI is InChI=1S/C10H9N5/c11-15-14-6-1-3-8-7-13-10-9(8)4-2-5-12-10/h1-5,7H,6H2,(H,12,13). The average molecular weight is 199 g/mol. The first-order chi connectivity index (χ1) is 7.42. The van der Waals surface area contributed by atoms with Crippen molar-refractivity contribution < 1.29 is 0 Å². The Bertz CT molecular complexity index is 533. The molecule has 5 heteroatoms. The second-order valence-electron chi connectivity index (χ2n) is 2.96. The predicted octanol–water partition coefficient (Wildman–Crippen LogP) is 2.89. The van der Waals surface area contributed by atoms with Crippen molar-refractivity contribution in [2.24, 2.45) is 5.11 Å². The lowest BCUT2D eigenvalue weighted by Gasteiger charge is -1.88. The smallest absolute Gasteiger partial charge is 0.137 e. The average Bonchev–Trinajstić information content (AvgIpc) is 2.68. The first-order valence-corrected chi connectivity index (χ1v) is 4.51. The van der Waals surface area contributed by atoms with Gasteiger partial charge in [0.25, 0.3) is 0 Å². The number of pyridine rings is 1. The molecule has 0 saturated carbocycles. The highest BCUT2D eigenvalue weighted by atomic mass is 15.1. The van der Waals surface area contributed by atoms with E-state index in [-0.39, 0.29) is 0 Å². The van der Waals surface area contributed by atoms with Crippen LogP contribution in [-0.4, -0.2) is 16.5 Å². The number of rotatable bonds is 3. The van der Waals surface area contributed by atoms with Gasteiger partial charge in [0.1, 0.15) is 5.65 Å². The van der Waals surface area contributed by atoms with E-state index in [1.165, 1.54) is 0 Å². The van der Waals surface area contributed by atoms with Crippen molar-refractivity contribution in [1.29, 1.82) is 0 Å². The number of aromatic amines is 1. The molecular weight excluding hydrogens is 190 g/mol. The Kier molecular flexibility index (Phi) is 2.67. The molecule has 1 N–H and O–H groups in total. The number of nitrogens with one attached hydrogen (secondary N) is 1. The van der Waals surface area contributed by atoms with Gasteiger partial charge in [-0.05, 0) is 17.7 Å². The van der Waals surface area contributed by atoms with Crippen molar-refractivity contribution in [3.8, 4) is 0 Å². The molecule has 0 aliphatic heterocycles. The molecule has 0 aromatic carbocycles. The molecule has 0 fully saturated rings. The van der Waals surface area contributed by atoms with E-state index in [1.807, 2.05) is 30.5 Å². The number of nitrogens with zero attached hydrogens (tertiary/aromatic N) is 4. The second-order valence-corrected chi connectivity index (χ2v) is 2.96. The molecule has 2 aromatic heterocycles. The zero-order valence-corrected chi connectivity index (χ0v) is 7.96. The van der Waals surface area contributed by atoms with Crippen LogP contribution in [0.25, 0.3) is 27.6 Å². The minimum atomic E-state index is 0.365. The third-order valence-corrected chi connectivity index (χ3v) is 2.03. The lowest BCUT2D eigenvalue weighted by Crippen LogP contribution is -1.73. The van der Waals surface area contributed by atoms with Gasteiger partial charge in [0.05, 0.1) is 0 Å². The fraction of sp³-hybridized carbons (Fsp3) is 0.100. The van der Waals surface area contributed by atoms with Crippen molar-refractivity contribution in [3.63, 3.8) is 0 Å². The van der Waals surface area contributed by atoms with Gasteiger partial charge in [-0.15, -0.1) is 0 Å². The first kappa shape index (κ1) is 9.30. The van der Waals surface area contributed by atoms with Crippen LogP contribution in [0.1, 0.15) is 5.56 Å². The molecule has 5 nitrogen and oxygen atoms in total. The Morgan fingerprint density at radius 2 is 2.53 bits per heavy atom. The number of hydrogen-bond donors (Lipinski definition) is 1. The molecule has 2 rings (SSSR count). The van der Waals surface area contributed by atoms with E-state index >= 15 is 0 Å². The van der Waals surface area contributed by atoms with Gasteiger partial charge >= 0.3 is 0 Å². The van der Waals surface area contributed by atoms with Crippen LogP contribution in [0.5, 0.6) is 0 Å². The molecule has 0 saturated heterocycles. The van der Waals surface area contributed by atoms with Gasteiger partial charge < -0.3 is 4.98 Å². The van der Waals surface area contributed by atoms with Crippen molar-refractivity contribution >= 4 is 17.1 Å². The van der Waals surface area contributed by atoms with Crippen LogP contribution in [0.15, 0.2) is 35.7 Å². The van der Waals surface area contributed by atoms with Crippen molar-refractivity contribution in [2.45, 2.75) is 0 Å². The quantitative estimate of drug-likeness (QED) is 0.460. The number of fused-ring (bicyclic) bond motifs is 1. The predicted molar refractivity (Wildman–Crippen MR) is 59.1 cm³/mol. The van der Waals surface area contributed by atoms with Crippen LogP contribution < -0.4 is 0 Å². The Morgan fingerprint density at radius 1 is 1.60 bits per heavy atom.